The van der Waals surface area contributed by atoms with Crippen LogP contribution in [0.3, 0.4) is 0 Å². The molecule has 1 aromatic rings. The molecule has 0 saturated carbocycles. The number of carbonyl (C=O) groups is 2. The maximum absolute atomic E-state index is 12.2. The van der Waals surface area contributed by atoms with Gasteiger partial charge in [-0.3, -0.25) is 9.59 Å². The minimum absolute atomic E-state index is 0. The molecule has 6 nitrogen and oxygen atoms in total. The lowest BCUT2D eigenvalue weighted by Crippen LogP contribution is -2.48. The minimum Gasteiger partial charge on any atom is -0.493 e. The standard InChI is InChI=1S/C19H29N3O3.ClH/c1-3-25-17-8-5-4-7-15(17)19(24)21-11-6-9-18(23)22-16-10-12-20-13-14(16)2;/h4-5,7-8,14,16,20H,3,6,9-13H2,1-2H3,(H,21,24)(H,22,23);1H. The van der Waals surface area contributed by atoms with Crippen LogP contribution in [-0.2, 0) is 4.79 Å². The third-order valence-corrected chi connectivity index (χ3v) is 4.43. The third kappa shape index (κ3) is 6.84. The number of rotatable bonds is 8. The fourth-order valence-corrected chi connectivity index (χ4v) is 2.99. The van der Waals surface area contributed by atoms with Crippen molar-refractivity contribution in [2.24, 2.45) is 5.92 Å². The van der Waals surface area contributed by atoms with Gasteiger partial charge in [-0.05, 0) is 50.9 Å². The van der Waals surface area contributed by atoms with E-state index >= 15 is 0 Å². The highest BCUT2D eigenvalue weighted by Gasteiger charge is 2.22. The first-order valence-electron chi connectivity index (χ1n) is 9.12. The van der Waals surface area contributed by atoms with Gasteiger partial charge in [0.25, 0.3) is 5.91 Å². The first-order valence-corrected chi connectivity index (χ1v) is 9.12. The molecule has 26 heavy (non-hydrogen) atoms. The number of piperidine rings is 1. The first kappa shape index (κ1) is 22.3. The average molecular weight is 384 g/mol. The fourth-order valence-electron chi connectivity index (χ4n) is 2.99. The van der Waals surface area contributed by atoms with E-state index < -0.39 is 0 Å². The number of nitrogens with one attached hydrogen (secondary N) is 3. The molecule has 2 atom stereocenters. The first-order chi connectivity index (χ1) is 12.1. The molecule has 1 saturated heterocycles. The molecule has 7 heteroatoms. The van der Waals surface area contributed by atoms with E-state index in [1.165, 1.54) is 0 Å². The molecular weight excluding hydrogens is 354 g/mol. The van der Waals surface area contributed by atoms with Crippen molar-refractivity contribution in [3.63, 3.8) is 0 Å². The van der Waals surface area contributed by atoms with Gasteiger partial charge in [-0.15, -0.1) is 12.4 Å². The summed E-state index contributed by atoms with van der Waals surface area (Å²) >= 11 is 0. The summed E-state index contributed by atoms with van der Waals surface area (Å²) in [4.78, 5) is 24.3. The van der Waals surface area contributed by atoms with Crippen molar-refractivity contribution in [1.29, 1.82) is 0 Å². The summed E-state index contributed by atoms with van der Waals surface area (Å²) in [6.07, 6.45) is 2.01. The predicted molar refractivity (Wildman–Crippen MR) is 105 cm³/mol. The van der Waals surface area contributed by atoms with Crippen molar-refractivity contribution in [2.45, 2.75) is 39.2 Å². The maximum atomic E-state index is 12.2. The Bertz CT molecular complexity index is 583. The highest BCUT2D eigenvalue weighted by Crippen LogP contribution is 2.17. The summed E-state index contributed by atoms with van der Waals surface area (Å²) < 4.78 is 5.47. The largest absolute Gasteiger partial charge is 0.493 e. The molecule has 1 aliphatic heterocycles. The van der Waals surface area contributed by atoms with Crippen LogP contribution in [0.5, 0.6) is 5.75 Å². The second kappa shape index (κ2) is 11.8. The van der Waals surface area contributed by atoms with Crippen LogP contribution in [0.25, 0.3) is 0 Å². The van der Waals surface area contributed by atoms with Gasteiger partial charge in [0.1, 0.15) is 5.75 Å². The van der Waals surface area contributed by atoms with Gasteiger partial charge in [0.2, 0.25) is 5.91 Å². The van der Waals surface area contributed by atoms with Crippen LogP contribution in [0.1, 0.15) is 43.5 Å². The van der Waals surface area contributed by atoms with Gasteiger partial charge in [-0.2, -0.15) is 0 Å². The van der Waals surface area contributed by atoms with Crippen LogP contribution in [-0.4, -0.2) is 44.1 Å². The molecule has 1 fully saturated rings. The van der Waals surface area contributed by atoms with E-state index in [9.17, 15) is 9.59 Å². The number of hydrogen-bond acceptors (Lipinski definition) is 4. The zero-order chi connectivity index (χ0) is 18.1. The number of ether oxygens (including phenoxy) is 1. The number of carbonyl (C=O) groups excluding carboxylic acids is 2. The lowest BCUT2D eigenvalue weighted by atomic mass is 9.95. The molecule has 1 heterocycles. The number of hydrogen-bond donors (Lipinski definition) is 3. The fraction of sp³-hybridized carbons (Fsp3) is 0.579. The summed E-state index contributed by atoms with van der Waals surface area (Å²) in [7, 11) is 0. The molecule has 0 aliphatic carbocycles. The maximum Gasteiger partial charge on any atom is 0.255 e. The summed E-state index contributed by atoms with van der Waals surface area (Å²) in [6.45, 7) is 6.91. The summed E-state index contributed by atoms with van der Waals surface area (Å²) in [5.74, 6) is 0.923. The average Bonchev–Trinajstić information content (AvgIpc) is 2.61. The quantitative estimate of drug-likeness (QED) is 0.601. The van der Waals surface area contributed by atoms with Crippen molar-refractivity contribution in [1.82, 2.24) is 16.0 Å². The van der Waals surface area contributed by atoms with Crippen molar-refractivity contribution >= 4 is 24.2 Å². The van der Waals surface area contributed by atoms with Crippen LogP contribution in [0.4, 0.5) is 0 Å². The van der Waals surface area contributed by atoms with E-state index in [0.717, 1.165) is 19.5 Å². The van der Waals surface area contributed by atoms with E-state index in [2.05, 4.69) is 22.9 Å². The number of halogens is 1. The van der Waals surface area contributed by atoms with E-state index in [-0.39, 0.29) is 30.3 Å². The Kier molecular flexibility index (Phi) is 10.1. The van der Waals surface area contributed by atoms with Crippen LogP contribution >= 0.6 is 12.4 Å². The Morgan fingerprint density at radius 1 is 1.31 bits per heavy atom. The lowest BCUT2D eigenvalue weighted by molar-refractivity contribution is -0.122. The topological polar surface area (TPSA) is 79.5 Å². The minimum atomic E-state index is -0.170. The van der Waals surface area contributed by atoms with Gasteiger partial charge in [0, 0.05) is 19.0 Å². The Morgan fingerprint density at radius 3 is 2.81 bits per heavy atom. The van der Waals surface area contributed by atoms with Crippen LogP contribution in [0.2, 0.25) is 0 Å². The molecular formula is C19H30ClN3O3. The zero-order valence-electron chi connectivity index (χ0n) is 15.5. The second-order valence-corrected chi connectivity index (χ2v) is 6.43. The van der Waals surface area contributed by atoms with Crippen molar-refractivity contribution in [3.8, 4) is 5.75 Å². The molecule has 2 unspecified atom stereocenters. The zero-order valence-corrected chi connectivity index (χ0v) is 16.4. The van der Waals surface area contributed by atoms with Crippen LogP contribution in [0.15, 0.2) is 24.3 Å². The number of para-hydroxylation sites is 1. The van der Waals surface area contributed by atoms with Crippen molar-refractivity contribution in [3.05, 3.63) is 29.8 Å². The Morgan fingerprint density at radius 2 is 2.08 bits per heavy atom. The smallest absolute Gasteiger partial charge is 0.255 e. The normalized spacial score (nSPS) is 19.2. The Labute approximate surface area is 161 Å². The summed E-state index contributed by atoms with van der Waals surface area (Å²) in [6, 6.07) is 7.43. The lowest BCUT2D eigenvalue weighted by Gasteiger charge is -2.30. The molecule has 2 amide bonds. The molecule has 1 aromatic carbocycles. The molecule has 0 bridgehead atoms. The van der Waals surface area contributed by atoms with Gasteiger partial charge >= 0.3 is 0 Å². The summed E-state index contributed by atoms with van der Waals surface area (Å²) in [5.41, 5.74) is 0.525. The molecule has 0 aromatic heterocycles. The van der Waals surface area contributed by atoms with Crippen LogP contribution in [0, 0.1) is 5.92 Å². The predicted octanol–water partition coefficient (Wildman–Crippen LogP) is 2.13. The molecule has 3 N–H and O–H groups in total. The van der Waals surface area contributed by atoms with Crippen molar-refractivity contribution < 1.29 is 14.3 Å². The molecule has 2 rings (SSSR count). The Balaban J connectivity index is 0.00000338. The monoisotopic (exact) mass is 383 g/mol. The molecule has 1 aliphatic rings. The van der Waals surface area contributed by atoms with Gasteiger partial charge in [0.15, 0.2) is 0 Å². The van der Waals surface area contributed by atoms with Crippen LogP contribution < -0.4 is 20.7 Å². The van der Waals surface area contributed by atoms with Crippen molar-refractivity contribution in [2.75, 3.05) is 26.2 Å². The van der Waals surface area contributed by atoms with E-state index in [4.69, 9.17) is 4.74 Å². The second-order valence-electron chi connectivity index (χ2n) is 6.43. The highest BCUT2D eigenvalue weighted by molar-refractivity contribution is 5.96. The SMILES string of the molecule is CCOc1ccccc1C(=O)NCCCC(=O)NC1CCNCC1C.Cl. The van der Waals surface area contributed by atoms with Gasteiger partial charge in [-0.25, -0.2) is 0 Å². The molecule has 146 valence electrons. The van der Waals surface area contributed by atoms with Gasteiger partial charge in [-0.1, -0.05) is 19.1 Å². The number of amides is 2. The Hall–Kier alpha value is -1.79. The highest BCUT2D eigenvalue weighted by atomic mass is 35.5. The van der Waals surface area contributed by atoms with Gasteiger partial charge < -0.3 is 20.7 Å². The molecule has 0 spiro atoms. The third-order valence-electron chi connectivity index (χ3n) is 4.43. The van der Waals surface area contributed by atoms with E-state index in [0.29, 0.717) is 43.2 Å². The van der Waals surface area contributed by atoms with Gasteiger partial charge in [0.05, 0.1) is 12.2 Å². The summed E-state index contributed by atoms with van der Waals surface area (Å²) in [5, 5.41) is 9.28. The van der Waals surface area contributed by atoms with E-state index in [1.54, 1.807) is 12.1 Å². The van der Waals surface area contributed by atoms with E-state index in [1.807, 2.05) is 19.1 Å². The number of benzene rings is 1. The molecule has 0 radical (unpaired) electrons.